The summed E-state index contributed by atoms with van der Waals surface area (Å²) < 4.78 is 1.84. The van der Waals surface area contributed by atoms with Crippen LogP contribution in [-0.4, -0.2) is 38.9 Å². The molecule has 0 spiro atoms. The zero-order chi connectivity index (χ0) is 14.2. The number of hydrogen-bond acceptors (Lipinski definition) is 4. The number of hydrogen-bond donors (Lipinski definition) is 1. The van der Waals surface area contributed by atoms with E-state index in [0.29, 0.717) is 6.54 Å². The normalized spacial score (nSPS) is 18.5. The van der Waals surface area contributed by atoms with Gasteiger partial charge in [0.25, 0.3) is 0 Å². The summed E-state index contributed by atoms with van der Waals surface area (Å²) in [7, 11) is 0. The Balaban J connectivity index is 1.87. The quantitative estimate of drug-likeness (QED) is 0.779. The van der Waals surface area contributed by atoms with Gasteiger partial charge in [-0.25, -0.2) is 4.98 Å². The van der Waals surface area contributed by atoms with Gasteiger partial charge in [-0.2, -0.15) is 9.61 Å². The van der Waals surface area contributed by atoms with Crippen LogP contribution in [0.2, 0.25) is 0 Å². The van der Waals surface area contributed by atoms with Crippen LogP contribution in [0, 0.1) is 0 Å². The molecular formula is C16H16N4O. The molecule has 3 aromatic rings. The van der Waals surface area contributed by atoms with Crippen LogP contribution < -0.4 is 4.90 Å². The Morgan fingerprint density at radius 2 is 2.00 bits per heavy atom. The Morgan fingerprint density at radius 3 is 2.76 bits per heavy atom. The Hall–Kier alpha value is -2.40. The first kappa shape index (κ1) is 12.3. The van der Waals surface area contributed by atoms with Gasteiger partial charge in [0.1, 0.15) is 5.82 Å². The Labute approximate surface area is 122 Å². The highest BCUT2D eigenvalue weighted by Gasteiger charge is 2.23. The largest absolute Gasteiger partial charge is 0.391 e. The van der Waals surface area contributed by atoms with E-state index in [1.807, 2.05) is 34.8 Å². The molecule has 1 saturated heterocycles. The lowest BCUT2D eigenvalue weighted by Gasteiger charge is -2.19. The van der Waals surface area contributed by atoms with E-state index in [2.05, 4.69) is 27.1 Å². The van der Waals surface area contributed by atoms with Gasteiger partial charge in [0, 0.05) is 30.8 Å². The number of anilines is 1. The van der Waals surface area contributed by atoms with E-state index in [9.17, 15) is 5.11 Å². The number of nitrogens with zero attached hydrogens (tertiary/aromatic N) is 4. The van der Waals surface area contributed by atoms with Crippen LogP contribution in [0.25, 0.3) is 16.9 Å². The van der Waals surface area contributed by atoms with Crippen molar-refractivity contribution in [2.75, 3.05) is 18.0 Å². The Bertz CT molecular complexity index is 768. The lowest BCUT2D eigenvalue weighted by Crippen LogP contribution is -2.24. The fourth-order valence-electron chi connectivity index (χ4n) is 2.83. The molecule has 1 aromatic carbocycles. The number of benzene rings is 1. The first-order valence-corrected chi connectivity index (χ1v) is 7.14. The summed E-state index contributed by atoms with van der Waals surface area (Å²) in [6, 6.07) is 14.1. The number of aliphatic hydroxyl groups is 1. The molecule has 1 aliphatic heterocycles. The van der Waals surface area contributed by atoms with E-state index < -0.39 is 0 Å². The van der Waals surface area contributed by atoms with Crippen molar-refractivity contribution >= 4 is 11.5 Å². The summed E-state index contributed by atoms with van der Waals surface area (Å²) in [5.74, 6) is 0.986. The molecule has 0 amide bonds. The van der Waals surface area contributed by atoms with Crippen LogP contribution >= 0.6 is 0 Å². The zero-order valence-electron chi connectivity index (χ0n) is 11.6. The molecule has 0 radical (unpaired) electrons. The molecule has 0 unspecified atom stereocenters. The smallest absolute Gasteiger partial charge is 0.157 e. The van der Waals surface area contributed by atoms with Crippen molar-refractivity contribution < 1.29 is 5.11 Å². The monoisotopic (exact) mass is 280 g/mol. The molecule has 21 heavy (non-hydrogen) atoms. The molecule has 0 aliphatic carbocycles. The van der Waals surface area contributed by atoms with Gasteiger partial charge in [0.2, 0.25) is 0 Å². The second-order valence-corrected chi connectivity index (χ2v) is 5.36. The van der Waals surface area contributed by atoms with Gasteiger partial charge in [-0.15, -0.1) is 0 Å². The number of aromatic nitrogens is 3. The summed E-state index contributed by atoms with van der Waals surface area (Å²) >= 11 is 0. The molecule has 0 saturated carbocycles. The molecule has 106 valence electrons. The fourth-order valence-corrected chi connectivity index (χ4v) is 2.83. The maximum Gasteiger partial charge on any atom is 0.157 e. The molecule has 1 aliphatic rings. The van der Waals surface area contributed by atoms with Gasteiger partial charge in [0.15, 0.2) is 5.65 Å². The topological polar surface area (TPSA) is 53.7 Å². The van der Waals surface area contributed by atoms with E-state index in [1.54, 1.807) is 6.20 Å². The van der Waals surface area contributed by atoms with Crippen molar-refractivity contribution in [3.05, 3.63) is 48.7 Å². The number of rotatable bonds is 2. The Kier molecular flexibility index (Phi) is 2.86. The van der Waals surface area contributed by atoms with Gasteiger partial charge in [-0.3, -0.25) is 0 Å². The van der Waals surface area contributed by atoms with E-state index in [0.717, 1.165) is 35.7 Å². The SMILES string of the molecule is O[C@H]1CCN(c2cc(-c3ccccc3)nc3ccnn23)C1. The first-order valence-electron chi connectivity index (χ1n) is 7.14. The Morgan fingerprint density at radius 1 is 1.14 bits per heavy atom. The fraction of sp³-hybridized carbons (Fsp3) is 0.250. The van der Waals surface area contributed by atoms with Crippen LogP contribution in [0.1, 0.15) is 6.42 Å². The third kappa shape index (κ3) is 2.15. The minimum Gasteiger partial charge on any atom is -0.391 e. The van der Waals surface area contributed by atoms with Crippen molar-refractivity contribution in [1.29, 1.82) is 0 Å². The summed E-state index contributed by atoms with van der Waals surface area (Å²) in [5, 5.41) is 14.1. The molecule has 3 heterocycles. The lowest BCUT2D eigenvalue weighted by molar-refractivity contribution is 0.198. The van der Waals surface area contributed by atoms with E-state index in [-0.39, 0.29) is 6.10 Å². The van der Waals surface area contributed by atoms with Gasteiger partial charge >= 0.3 is 0 Å². The minimum absolute atomic E-state index is 0.260. The maximum atomic E-state index is 9.78. The molecule has 4 rings (SSSR count). The average molecular weight is 280 g/mol. The molecular weight excluding hydrogens is 264 g/mol. The average Bonchev–Trinajstić information content (AvgIpc) is 3.15. The second kappa shape index (κ2) is 4.86. The van der Waals surface area contributed by atoms with Crippen molar-refractivity contribution in [1.82, 2.24) is 14.6 Å². The summed E-state index contributed by atoms with van der Waals surface area (Å²) in [4.78, 5) is 6.83. The third-order valence-electron chi connectivity index (χ3n) is 3.90. The van der Waals surface area contributed by atoms with Gasteiger partial charge in [-0.05, 0) is 6.42 Å². The molecule has 1 N–H and O–H groups in total. The predicted molar refractivity (Wildman–Crippen MR) is 81.3 cm³/mol. The highest BCUT2D eigenvalue weighted by atomic mass is 16.3. The number of fused-ring (bicyclic) bond motifs is 1. The van der Waals surface area contributed by atoms with Crippen molar-refractivity contribution in [2.45, 2.75) is 12.5 Å². The highest BCUT2D eigenvalue weighted by molar-refractivity contribution is 5.67. The van der Waals surface area contributed by atoms with Gasteiger partial charge < -0.3 is 10.0 Å². The van der Waals surface area contributed by atoms with E-state index in [4.69, 9.17) is 0 Å². The van der Waals surface area contributed by atoms with Crippen molar-refractivity contribution in [3.8, 4) is 11.3 Å². The van der Waals surface area contributed by atoms with Crippen molar-refractivity contribution in [3.63, 3.8) is 0 Å². The molecule has 1 atom stereocenters. The molecule has 1 fully saturated rings. The first-order chi connectivity index (χ1) is 10.3. The van der Waals surface area contributed by atoms with Gasteiger partial charge in [-0.1, -0.05) is 30.3 Å². The summed E-state index contributed by atoms with van der Waals surface area (Å²) in [6.45, 7) is 1.49. The number of β-amino-alcohol motifs (C(OH)–C–C–N with tert-alkyl or cyclic N) is 1. The van der Waals surface area contributed by atoms with Crippen LogP contribution in [0.4, 0.5) is 5.82 Å². The van der Waals surface area contributed by atoms with Crippen LogP contribution in [0.5, 0.6) is 0 Å². The van der Waals surface area contributed by atoms with Crippen molar-refractivity contribution in [2.24, 2.45) is 0 Å². The maximum absolute atomic E-state index is 9.78. The molecule has 0 bridgehead atoms. The number of aliphatic hydroxyl groups excluding tert-OH is 1. The summed E-state index contributed by atoms with van der Waals surface area (Å²) in [6.07, 6.45) is 2.29. The van der Waals surface area contributed by atoms with E-state index in [1.165, 1.54) is 0 Å². The van der Waals surface area contributed by atoms with Gasteiger partial charge in [0.05, 0.1) is 18.0 Å². The molecule has 5 heteroatoms. The second-order valence-electron chi connectivity index (χ2n) is 5.36. The van der Waals surface area contributed by atoms with E-state index >= 15 is 0 Å². The van der Waals surface area contributed by atoms with Crippen LogP contribution in [0.3, 0.4) is 0 Å². The predicted octanol–water partition coefficient (Wildman–Crippen LogP) is 1.97. The standard InChI is InChI=1S/C16H16N4O/c21-13-7-9-19(11-13)16-10-14(12-4-2-1-3-5-12)18-15-6-8-17-20(15)16/h1-6,8,10,13,21H,7,9,11H2/t13-/m0/s1. The summed E-state index contributed by atoms with van der Waals surface area (Å²) in [5.41, 5.74) is 2.84. The lowest BCUT2D eigenvalue weighted by atomic mass is 10.1. The highest BCUT2D eigenvalue weighted by Crippen LogP contribution is 2.26. The third-order valence-corrected chi connectivity index (χ3v) is 3.90. The van der Waals surface area contributed by atoms with Crippen LogP contribution in [-0.2, 0) is 0 Å². The van der Waals surface area contributed by atoms with Crippen LogP contribution in [0.15, 0.2) is 48.7 Å². The molecule has 5 nitrogen and oxygen atoms in total. The molecule has 2 aromatic heterocycles. The zero-order valence-corrected chi connectivity index (χ0v) is 11.6. The minimum atomic E-state index is -0.260.